The summed E-state index contributed by atoms with van der Waals surface area (Å²) in [5.41, 5.74) is 0. The molecule has 1 aliphatic carbocycles. The van der Waals surface area contributed by atoms with Gasteiger partial charge in [-0.1, -0.05) is 19.8 Å². The van der Waals surface area contributed by atoms with E-state index in [9.17, 15) is 4.79 Å². The summed E-state index contributed by atoms with van der Waals surface area (Å²) in [7, 11) is 0. The van der Waals surface area contributed by atoms with Crippen molar-refractivity contribution in [1.82, 2.24) is 4.90 Å². The molecule has 1 saturated heterocycles. The first kappa shape index (κ1) is 11.1. The molecule has 1 heterocycles. The highest BCUT2D eigenvalue weighted by atomic mass is 16.1. The van der Waals surface area contributed by atoms with Crippen LogP contribution in [0, 0.1) is 5.92 Å². The topological polar surface area (TPSA) is 20.3 Å². The van der Waals surface area contributed by atoms with Gasteiger partial charge in [0.2, 0.25) is 0 Å². The standard InChI is InChI=1S/C13H23NO/c1-10-4-3-5-12(8-10)14-7-6-13(15)9-11(14)2/h10-12H,3-9H2,1-2H3. The quantitative estimate of drug-likeness (QED) is 0.661. The van der Waals surface area contributed by atoms with E-state index in [1.165, 1.54) is 25.7 Å². The minimum absolute atomic E-state index is 0.461. The van der Waals surface area contributed by atoms with Gasteiger partial charge in [-0.05, 0) is 25.7 Å². The second-order valence-electron chi connectivity index (χ2n) is 5.51. The number of carbonyl (C=O) groups is 1. The van der Waals surface area contributed by atoms with Gasteiger partial charge < -0.3 is 0 Å². The van der Waals surface area contributed by atoms with E-state index in [0.29, 0.717) is 11.8 Å². The zero-order valence-corrected chi connectivity index (χ0v) is 10.0. The Bertz CT molecular complexity index is 239. The number of hydrogen-bond acceptors (Lipinski definition) is 2. The maximum atomic E-state index is 11.3. The van der Waals surface area contributed by atoms with Gasteiger partial charge >= 0.3 is 0 Å². The van der Waals surface area contributed by atoms with Crippen LogP contribution in [0.25, 0.3) is 0 Å². The molecule has 0 spiro atoms. The smallest absolute Gasteiger partial charge is 0.135 e. The molecule has 86 valence electrons. The number of ketones is 1. The Kier molecular flexibility index (Phi) is 3.45. The highest BCUT2D eigenvalue weighted by molar-refractivity contribution is 5.79. The third-order valence-corrected chi connectivity index (χ3v) is 4.12. The highest BCUT2D eigenvalue weighted by Crippen LogP contribution is 2.30. The Labute approximate surface area is 93.0 Å². The summed E-state index contributed by atoms with van der Waals surface area (Å²) in [6, 6.07) is 1.25. The normalized spacial score (nSPS) is 39.3. The van der Waals surface area contributed by atoms with Crippen molar-refractivity contribution < 1.29 is 4.79 Å². The molecular formula is C13H23NO. The molecule has 2 nitrogen and oxygen atoms in total. The number of nitrogens with zero attached hydrogens (tertiary/aromatic N) is 1. The number of hydrogen-bond donors (Lipinski definition) is 0. The molecule has 3 atom stereocenters. The summed E-state index contributed by atoms with van der Waals surface area (Å²) >= 11 is 0. The van der Waals surface area contributed by atoms with E-state index >= 15 is 0 Å². The first-order valence-corrected chi connectivity index (χ1v) is 6.44. The van der Waals surface area contributed by atoms with Crippen molar-refractivity contribution >= 4 is 5.78 Å². The number of piperidine rings is 1. The molecule has 0 bridgehead atoms. The summed E-state index contributed by atoms with van der Waals surface area (Å²) in [5, 5.41) is 0. The van der Waals surface area contributed by atoms with E-state index in [-0.39, 0.29) is 0 Å². The summed E-state index contributed by atoms with van der Waals surface area (Å²) in [6.45, 7) is 5.60. The third-order valence-electron chi connectivity index (χ3n) is 4.12. The van der Waals surface area contributed by atoms with E-state index < -0.39 is 0 Å². The van der Waals surface area contributed by atoms with Crippen molar-refractivity contribution in [2.24, 2.45) is 5.92 Å². The van der Waals surface area contributed by atoms with Crippen molar-refractivity contribution in [3.8, 4) is 0 Å². The van der Waals surface area contributed by atoms with Crippen molar-refractivity contribution in [1.29, 1.82) is 0 Å². The van der Waals surface area contributed by atoms with Crippen molar-refractivity contribution in [3.63, 3.8) is 0 Å². The molecule has 0 aromatic carbocycles. The van der Waals surface area contributed by atoms with Gasteiger partial charge in [-0.25, -0.2) is 0 Å². The minimum Gasteiger partial charge on any atom is -0.300 e. The van der Waals surface area contributed by atoms with Crippen LogP contribution >= 0.6 is 0 Å². The van der Waals surface area contributed by atoms with Gasteiger partial charge in [0.15, 0.2) is 0 Å². The zero-order chi connectivity index (χ0) is 10.8. The fourth-order valence-electron chi connectivity index (χ4n) is 3.27. The molecule has 0 radical (unpaired) electrons. The van der Waals surface area contributed by atoms with Crippen LogP contribution in [0.1, 0.15) is 52.4 Å². The summed E-state index contributed by atoms with van der Waals surface area (Å²) < 4.78 is 0. The fourth-order valence-corrected chi connectivity index (χ4v) is 3.27. The molecule has 0 aromatic rings. The summed E-state index contributed by atoms with van der Waals surface area (Å²) in [6.07, 6.45) is 7.04. The maximum Gasteiger partial charge on any atom is 0.135 e. The van der Waals surface area contributed by atoms with Gasteiger partial charge in [-0.3, -0.25) is 9.69 Å². The van der Waals surface area contributed by atoms with Gasteiger partial charge in [0, 0.05) is 31.5 Å². The van der Waals surface area contributed by atoms with Crippen LogP contribution in [0.4, 0.5) is 0 Å². The van der Waals surface area contributed by atoms with E-state index in [4.69, 9.17) is 0 Å². The lowest BCUT2D eigenvalue weighted by molar-refractivity contribution is -0.123. The van der Waals surface area contributed by atoms with Gasteiger partial charge in [-0.15, -0.1) is 0 Å². The number of likely N-dealkylation sites (tertiary alicyclic amines) is 1. The molecule has 2 rings (SSSR count). The first-order chi connectivity index (χ1) is 7.16. The third kappa shape index (κ3) is 2.60. The Hall–Kier alpha value is -0.370. The summed E-state index contributed by atoms with van der Waals surface area (Å²) in [4.78, 5) is 13.9. The predicted molar refractivity (Wildman–Crippen MR) is 61.8 cm³/mol. The molecule has 0 aromatic heterocycles. The lowest BCUT2D eigenvalue weighted by Crippen LogP contribution is -2.48. The monoisotopic (exact) mass is 209 g/mol. The van der Waals surface area contributed by atoms with Crippen LogP contribution in [0.3, 0.4) is 0 Å². The van der Waals surface area contributed by atoms with Crippen molar-refractivity contribution in [3.05, 3.63) is 0 Å². The molecule has 15 heavy (non-hydrogen) atoms. The van der Waals surface area contributed by atoms with Crippen LogP contribution in [0.5, 0.6) is 0 Å². The average molecular weight is 209 g/mol. The Morgan fingerprint density at radius 3 is 2.73 bits per heavy atom. The van der Waals surface area contributed by atoms with Crippen LogP contribution in [-0.4, -0.2) is 29.3 Å². The number of carbonyl (C=O) groups excluding carboxylic acids is 1. The average Bonchev–Trinajstić information content (AvgIpc) is 2.17. The van der Waals surface area contributed by atoms with Crippen molar-refractivity contribution in [2.75, 3.05) is 6.54 Å². The van der Waals surface area contributed by atoms with Gasteiger partial charge in [0.1, 0.15) is 5.78 Å². The molecule has 0 N–H and O–H groups in total. The second kappa shape index (κ2) is 4.65. The van der Waals surface area contributed by atoms with Gasteiger partial charge in [-0.2, -0.15) is 0 Å². The second-order valence-corrected chi connectivity index (χ2v) is 5.51. The first-order valence-electron chi connectivity index (χ1n) is 6.44. The van der Waals surface area contributed by atoms with Crippen molar-refractivity contribution in [2.45, 2.75) is 64.5 Å². The lowest BCUT2D eigenvalue weighted by Gasteiger charge is -2.42. The SMILES string of the molecule is CC1CCCC(N2CCC(=O)CC2C)C1. The predicted octanol–water partition coefficient (Wildman–Crippen LogP) is 2.62. The van der Waals surface area contributed by atoms with E-state index in [1.54, 1.807) is 0 Å². The molecule has 2 fully saturated rings. The Morgan fingerprint density at radius 1 is 1.27 bits per heavy atom. The number of Topliss-reactive ketones (excluding diaryl/α,β-unsaturated/α-hetero) is 1. The van der Waals surface area contributed by atoms with Gasteiger partial charge in [0.05, 0.1) is 0 Å². The minimum atomic E-state index is 0.461. The zero-order valence-electron chi connectivity index (χ0n) is 10.0. The highest BCUT2D eigenvalue weighted by Gasteiger charge is 2.31. The summed E-state index contributed by atoms with van der Waals surface area (Å²) in [5.74, 6) is 1.34. The lowest BCUT2D eigenvalue weighted by atomic mass is 9.84. The molecule has 3 unspecified atom stereocenters. The van der Waals surface area contributed by atoms with Gasteiger partial charge in [0.25, 0.3) is 0 Å². The molecular weight excluding hydrogens is 186 g/mol. The number of rotatable bonds is 1. The van der Waals surface area contributed by atoms with E-state index in [1.807, 2.05) is 0 Å². The van der Waals surface area contributed by atoms with E-state index in [2.05, 4.69) is 18.7 Å². The van der Waals surface area contributed by atoms with Crippen LogP contribution < -0.4 is 0 Å². The molecule has 1 saturated carbocycles. The van der Waals surface area contributed by atoms with Crippen LogP contribution in [0.15, 0.2) is 0 Å². The van der Waals surface area contributed by atoms with Crippen LogP contribution in [0.2, 0.25) is 0 Å². The van der Waals surface area contributed by atoms with Crippen LogP contribution in [-0.2, 0) is 4.79 Å². The maximum absolute atomic E-state index is 11.3. The molecule has 2 heteroatoms. The largest absolute Gasteiger partial charge is 0.300 e. The fraction of sp³-hybridized carbons (Fsp3) is 0.923. The molecule has 2 aliphatic rings. The Morgan fingerprint density at radius 2 is 2.07 bits per heavy atom. The Balaban J connectivity index is 1.94. The molecule has 1 aliphatic heterocycles. The molecule has 0 amide bonds. The van der Waals surface area contributed by atoms with E-state index in [0.717, 1.165) is 31.3 Å².